The first-order valence-electron chi connectivity index (χ1n) is 6.48. The molecule has 0 saturated carbocycles. The van der Waals surface area contributed by atoms with E-state index in [2.05, 4.69) is 5.32 Å². The van der Waals surface area contributed by atoms with Gasteiger partial charge in [0.05, 0.1) is 12.8 Å². The number of carbonyl (C=O) groups is 1. The Morgan fingerprint density at radius 1 is 1.08 bits per heavy atom. The Morgan fingerprint density at radius 3 is 2.33 bits per heavy atom. The van der Waals surface area contributed by atoms with Crippen molar-refractivity contribution in [1.29, 1.82) is 0 Å². The quantitative estimate of drug-likeness (QED) is 0.852. The van der Waals surface area contributed by atoms with Gasteiger partial charge in [0, 0.05) is 11.8 Å². The molecule has 0 bridgehead atoms. The zero-order chi connectivity index (χ0) is 18.1. The average molecular weight is 359 g/mol. The fourth-order valence-electron chi connectivity index (χ4n) is 1.92. The molecule has 24 heavy (non-hydrogen) atoms. The van der Waals surface area contributed by atoms with Gasteiger partial charge in [-0.25, -0.2) is 21.6 Å². The van der Waals surface area contributed by atoms with Crippen LogP contribution >= 0.6 is 0 Å². The molecule has 0 aliphatic heterocycles. The Bertz CT molecular complexity index is 913. The van der Waals surface area contributed by atoms with Crippen molar-refractivity contribution in [3.8, 4) is 5.75 Å². The number of benzene rings is 2. The molecule has 0 aliphatic rings. The summed E-state index contributed by atoms with van der Waals surface area (Å²) in [5, 5.41) is 2.05. The van der Waals surface area contributed by atoms with E-state index in [1.165, 1.54) is 19.2 Å². The van der Waals surface area contributed by atoms with Crippen LogP contribution in [-0.2, 0) is 9.84 Å². The molecule has 5 nitrogen and oxygen atoms in total. The second kappa shape index (κ2) is 6.52. The van der Waals surface area contributed by atoms with Crippen molar-refractivity contribution in [2.24, 2.45) is 0 Å². The van der Waals surface area contributed by atoms with Crippen LogP contribution < -0.4 is 10.1 Å². The van der Waals surface area contributed by atoms with E-state index in [9.17, 15) is 26.4 Å². The van der Waals surface area contributed by atoms with Crippen LogP contribution in [0.4, 0.5) is 18.9 Å². The minimum absolute atomic E-state index is 0.0352. The molecular weight excluding hydrogens is 347 g/mol. The molecule has 2 rings (SSSR count). The number of halogens is 3. The Kier molecular flexibility index (Phi) is 4.83. The summed E-state index contributed by atoms with van der Waals surface area (Å²) >= 11 is 0. The summed E-state index contributed by atoms with van der Waals surface area (Å²) in [6.07, 6.45) is 0.932. The SMILES string of the molecule is COc1ccc(C(=O)Nc2ccc(F)c(F)c2F)cc1S(C)(=O)=O. The standard InChI is InChI=1S/C15H12F3NO4S/c1-23-11-6-3-8(7-12(11)24(2,21)22)15(20)19-10-5-4-9(16)13(17)14(10)18/h3-7H,1-2H3,(H,19,20). The molecule has 128 valence electrons. The number of ether oxygens (including phenoxy) is 1. The predicted octanol–water partition coefficient (Wildman–Crippen LogP) is 2.77. The summed E-state index contributed by atoms with van der Waals surface area (Å²) in [6.45, 7) is 0. The topological polar surface area (TPSA) is 72.5 Å². The van der Waals surface area contributed by atoms with Gasteiger partial charge in [0.2, 0.25) is 0 Å². The van der Waals surface area contributed by atoms with Crippen LogP contribution in [0.5, 0.6) is 5.75 Å². The molecule has 0 atom stereocenters. The number of sulfone groups is 1. The van der Waals surface area contributed by atoms with Crippen molar-refractivity contribution in [2.45, 2.75) is 4.90 Å². The molecule has 1 amide bonds. The van der Waals surface area contributed by atoms with E-state index in [0.29, 0.717) is 6.07 Å². The van der Waals surface area contributed by atoms with Gasteiger partial charge < -0.3 is 10.1 Å². The predicted molar refractivity (Wildman–Crippen MR) is 80.4 cm³/mol. The molecule has 2 aromatic carbocycles. The lowest BCUT2D eigenvalue weighted by molar-refractivity contribution is 0.102. The van der Waals surface area contributed by atoms with E-state index < -0.39 is 38.9 Å². The second-order valence-corrected chi connectivity index (χ2v) is 6.80. The van der Waals surface area contributed by atoms with Gasteiger partial charge in [-0.3, -0.25) is 4.79 Å². The smallest absolute Gasteiger partial charge is 0.255 e. The third kappa shape index (κ3) is 3.51. The molecule has 0 aliphatic carbocycles. The summed E-state index contributed by atoms with van der Waals surface area (Å²) in [6, 6.07) is 5.06. The zero-order valence-corrected chi connectivity index (χ0v) is 13.4. The zero-order valence-electron chi connectivity index (χ0n) is 12.6. The van der Waals surface area contributed by atoms with Crippen LogP contribution in [0.1, 0.15) is 10.4 Å². The number of methoxy groups -OCH3 is 1. The Balaban J connectivity index is 2.39. The van der Waals surface area contributed by atoms with Crippen molar-refractivity contribution >= 4 is 21.4 Å². The van der Waals surface area contributed by atoms with Crippen molar-refractivity contribution < 1.29 is 31.1 Å². The van der Waals surface area contributed by atoms with E-state index in [4.69, 9.17) is 4.74 Å². The minimum Gasteiger partial charge on any atom is -0.495 e. The summed E-state index contributed by atoms with van der Waals surface area (Å²) in [7, 11) is -2.42. The van der Waals surface area contributed by atoms with Crippen LogP contribution in [0.25, 0.3) is 0 Å². The molecule has 2 aromatic rings. The van der Waals surface area contributed by atoms with Gasteiger partial charge >= 0.3 is 0 Å². The maximum absolute atomic E-state index is 13.6. The van der Waals surface area contributed by atoms with Gasteiger partial charge in [-0.2, -0.15) is 0 Å². The van der Waals surface area contributed by atoms with Crippen molar-refractivity contribution in [3.63, 3.8) is 0 Å². The number of hydrogen-bond acceptors (Lipinski definition) is 4. The molecule has 0 heterocycles. The van der Waals surface area contributed by atoms with Crippen LogP contribution in [0.2, 0.25) is 0 Å². The summed E-state index contributed by atoms with van der Waals surface area (Å²) in [5.41, 5.74) is -0.698. The average Bonchev–Trinajstić information content (AvgIpc) is 2.53. The van der Waals surface area contributed by atoms with Crippen LogP contribution in [0.3, 0.4) is 0 Å². The molecule has 0 aromatic heterocycles. The highest BCUT2D eigenvalue weighted by molar-refractivity contribution is 7.90. The molecule has 0 spiro atoms. The first kappa shape index (κ1) is 17.8. The Hall–Kier alpha value is -2.55. The molecular formula is C15H12F3NO4S. The third-order valence-electron chi connectivity index (χ3n) is 3.11. The van der Waals surface area contributed by atoms with Crippen LogP contribution in [0, 0.1) is 17.5 Å². The molecule has 0 unspecified atom stereocenters. The maximum Gasteiger partial charge on any atom is 0.255 e. The van der Waals surface area contributed by atoms with Gasteiger partial charge in [0.25, 0.3) is 5.91 Å². The minimum atomic E-state index is -3.68. The van der Waals surface area contributed by atoms with E-state index in [1.54, 1.807) is 0 Å². The maximum atomic E-state index is 13.6. The first-order valence-corrected chi connectivity index (χ1v) is 8.37. The molecule has 1 N–H and O–H groups in total. The number of rotatable bonds is 4. The van der Waals surface area contributed by atoms with E-state index in [0.717, 1.165) is 18.4 Å². The van der Waals surface area contributed by atoms with Gasteiger partial charge in [-0.1, -0.05) is 0 Å². The first-order chi connectivity index (χ1) is 11.1. The lowest BCUT2D eigenvalue weighted by atomic mass is 10.2. The lowest BCUT2D eigenvalue weighted by Gasteiger charge is -2.10. The van der Waals surface area contributed by atoms with E-state index in [-0.39, 0.29) is 16.2 Å². The normalized spacial score (nSPS) is 11.2. The number of carbonyl (C=O) groups excluding carboxylic acids is 1. The fraction of sp³-hybridized carbons (Fsp3) is 0.133. The third-order valence-corrected chi connectivity index (χ3v) is 4.23. The van der Waals surface area contributed by atoms with E-state index in [1.807, 2.05) is 0 Å². The highest BCUT2D eigenvalue weighted by atomic mass is 32.2. The number of anilines is 1. The number of hydrogen-bond donors (Lipinski definition) is 1. The van der Waals surface area contributed by atoms with Crippen molar-refractivity contribution in [1.82, 2.24) is 0 Å². The molecule has 0 fully saturated rings. The lowest BCUT2D eigenvalue weighted by Crippen LogP contribution is -2.15. The van der Waals surface area contributed by atoms with Gasteiger partial charge in [-0.15, -0.1) is 0 Å². The largest absolute Gasteiger partial charge is 0.495 e. The summed E-state index contributed by atoms with van der Waals surface area (Å²) < 4.78 is 68.0. The Labute approximate surface area is 136 Å². The van der Waals surface area contributed by atoms with E-state index >= 15 is 0 Å². The van der Waals surface area contributed by atoms with Gasteiger partial charge in [-0.05, 0) is 30.3 Å². The van der Waals surface area contributed by atoms with Crippen molar-refractivity contribution in [3.05, 3.63) is 53.3 Å². The second-order valence-electron chi connectivity index (χ2n) is 4.81. The number of amides is 1. The van der Waals surface area contributed by atoms with Gasteiger partial charge in [0.15, 0.2) is 27.3 Å². The monoisotopic (exact) mass is 359 g/mol. The fourth-order valence-corrected chi connectivity index (χ4v) is 2.78. The Morgan fingerprint density at radius 2 is 1.75 bits per heavy atom. The van der Waals surface area contributed by atoms with Gasteiger partial charge in [0.1, 0.15) is 10.6 Å². The summed E-state index contributed by atoms with van der Waals surface area (Å²) in [5.74, 6) is -5.53. The number of nitrogens with one attached hydrogen (secondary N) is 1. The van der Waals surface area contributed by atoms with Crippen LogP contribution in [0.15, 0.2) is 35.2 Å². The highest BCUT2D eigenvalue weighted by Crippen LogP contribution is 2.26. The molecule has 0 saturated heterocycles. The highest BCUT2D eigenvalue weighted by Gasteiger charge is 2.19. The molecule has 0 radical (unpaired) electrons. The summed E-state index contributed by atoms with van der Waals surface area (Å²) in [4.78, 5) is 11.9. The van der Waals surface area contributed by atoms with Crippen molar-refractivity contribution in [2.75, 3.05) is 18.7 Å². The molecule has 9 heteroatoms. The van der Waals surface area contributed by atoms with Crippen LogP contribution in [-0.4, -0.2) is 27.7 Å².